The first-order valence-electron chi connectivity index (χ1n) is 6.86. The second-order valence-corrected chi connectivity index (χ2v) is 5.02. The number of carbonyl (C=O) groups is 1. The lowest BCUT2D eigenvalue weighted by atomic mass is 10.1. The Hall–Kier alpha value is -2.76. The van der Waals surface area contributed by atoms with Crippen molar-refractivity contribution in [1.29, 1.82) is 0 Å². The molecule has 1 aromatic carbocycles. The molecule has 0 aliphatic heterocycles. The van der Waals surface area contributed by atoms with Gasteiger partial charge in [-0.15, -0.1) is 13.2 Å². The van der Waals surface area contributed by atoms with Gasteiger partial charge in [0.2, 0.25) is 0 Å². The zero-order chi connectivity index (χ0) is 16.4. The molecule has 0 spiro atoms. The second-order valence-electron chi connectivity index (χ2n) is 5.02. The van der Waals surface area contributed by atoms with Crippen LogP contribution in [0.4, 0.5) is 13.2 Å². The van der Waals surface area contributed by atoms with Gasteiger partial charge < -0.3 is 10.1 Å². The highest BCUT2D eigenvalue weighted by molar-refractivity contribution is 6.00. The Morgan fingerprint density at radius 3 is 2.78 bits per heavy atom. The number of hydrogen-bond donors (Lipinski definition) is 1. The Bertz CT molecular complexity index is 770. The summed E-state index contributed by atoms with van der Waals surface area (Å²) in [7, 11) is 0. The lowest BCUT2D eigenvalue weighted by Crippen LogP contribution is -2.24. The predicted molar refractivity (Wildman–Crippen MR) is 78.4 cm³/mol. The van der Waals surface area contributed by atoms with Crippen LogP contribution in [0.3, 0.4) is 0 Å². The molecule has 0 aromatic heterocycles. The standard InChI is InChI=1S/C17H12F3NO2/c18-17(19,20)23-13-5-1-3-11(9-13)10-21-16(22)15-8-7-12-4-2-6-14(12)15/h1-9H,10H2,(H,21,22). The number of alkyl halides is 3. The molecule has 0 radical (unpaired) electrons. The molecular formula is C17H12F3NO2. The second kappa shape index (κ2) is 5.79. The van der Waals surface area contributed by atoms with Gasteiger partial charge in [-0.25, -0.2) is 0 Å². The smallest absolute Gasteiger partial charge is 0.406 e. The molecule has 0 fully saturated rings. The number of ether oxygens (including phenoxy) is 1. The van der Waals surface area contributed by atoms with E-state index in [1.807, 2.05) is 24.3 Å². The molecule has 1 N–H and O–H groups in total. The molecule has 23 heavy (non-hydrogen) atoms. The first-order chi connectivity index (χ1) is 10.9. The Morgan fingerprint density at radius 2 is 2.00 bits per heavy atom. The molecule has 0 bridgehead atoms. The van der Waals surface area contributed by atoms with Gasteiger partial charge in [-0.2, -0.15) is 0 Å². The molecule has 6 heteroatoms. The third kappa shape index (κ3) is 3.53. The van der Waals surface area contributed by atoms with Gasteiger partial charge in [-0.1, -0.05) is 36.4 Å². The minimum Gasteiger partial charge on any atom is -0.406 e. The number of hydrogen-bond acceptors (Lipinski definition) is 2. The van der Waals surface area contributed by atoms with Gasteiger partial charge in [0, 0.05) is 12.1 Å². The summed E-state index contributed by atoms with van der Waals surface area (Å²) in [5.74, 6) is -0.579. The van der Waals surface area contributed by atoms with E-state index in [4.69, 9.17) is 0 Å². The monoisotopic (exact) mass is 319 g/mol. The fraction of sp³-hybridized carbons (Fsp3) is 0.118. The Morgan fingerprint density at radius 1 is 1.17 bits per heavy atom. The summed E-state index contributed by atoms with van der Waals surface area (Å²) in [6, 6.07) is 5.52. The topological polar surface area (TPSA) is 38.3 Å². The zero-order valence-corrected chi connectivity index (χ0v) is 11.9. The van der Waals surface area contributed by atoms with Crippen LogP contribution in [0.5, 0.6) is 5.75 Å². The summed E-state index contributed by atoms with van der Waals surface area (Å²) in [6.07, 6.45) is 4.46. The highest BCUT2D eigenvalue weighted by Gasteiger charge is 2.31. The van der Waals surface area contributed by atoms with E-state index in [-0.39, 0.29) is 18.2 Å². The molecule has 1 amide bonds. The highest BCUT2D eigenvalue weighted by atomic mass is 19.4. The summed E-state index contributed by atoms with van der Waals surface area (Å²) in [4.78, 5) is 12.2. The van der Waals surface area contributed by atoms with Crippen molar-refractivity contribution < 1.29 is 22.7 Å². The number of benzene rings is 1. The molecule has 0 saturated heterocycles. The van der Waals surface area contributed by atoms with Crippen LogP contribution in [-0.2, 0) is 11.3 Å². The normalized spacial score (nSPS) is 15.7. The fourth-order valence-electron chi connectivity index (χ4n) is 2.42. The van der Waals surface area contributed by atoms with E-state index in [0.29, 0.717) is 11.1 Å². The summed E-state index contributed by atoms with van der Waals surface area (Å²) in [6.45, 7) is 0.112. The van der Waals surface area contributed by atoms with E-state index < -0.39 is 6.36 Å². The summed E-state index contributed by atoms with van der Waals surface area (Å²) < 4.78 is 40.5. The molecule has 3 rings (SSSR count). The van der Waals surface area contributed by atoms with Crippen molar-refractivity contribution in [2.45, 2.75) is 12.9 Å². The first-order valence-corrected chi connectivity index (χ1v) is 6.86. The van der Waals surface area contributed by atoms with E-state index >= 15 is 0 Å². The van der Waals surface area contributed by atoms with Gasteiger partial charge in [0.05, 0.1) is 0 Å². The van der Waals surface area contributed by atoms with E-state index in [2.05, 4.69) is 10.1 Å². The average molecular weight is 319 g/mol. The van der Waals surface area contributed by atoms with Gasteiger partial charge in [0.25, 0.3) is 5.91 Å². The maximum absolute atomic E-state index is 12.2. The van der Waals surface area contributed by atoms with Crippen molar-refractivity contribution in [3.8, 4) is 5.75 Å². The predicted octanol–water partition coefficient (Wildman–Crippen LogP) is 3.56. The molecule has 2 aliphatic carbocycles. The minimum atomic E-state index is -4.74. The molecule has 1 aromatic rings. The van der Waals surface area contributed by atoms with Gasteiger partial charge in [-0.3, -0.25) is 4.79 Å². The molecule has 118 valence electrons. The van der Waals surface area contributed by atoms with Gasteiger partial charge in [0.15, 0.2) is 0 Å². The number of nitrogens with one attached hydrogen (secondary N) is 1. The largest absolute Gasteiger partial charge is 0.573 e. The fourth-order valence-corrected chi connectivity index (χ4v) is 2.42. The van der Waals surface area contributed by atoms with Crippen LogP contribution in [0.1, 0.15) is 5.56 Å². The number of halogens is 3. The number of amides is 1. The van der Waals surface area contributed by atoms with Crippen molar-refractivity contribution >= 4 is 5.91 Å². The first kappa shape index (κ1) is 15.1. The Kier molecular flexibility index (Phi) is 3.82. The zero-order valence-electron chi connectivity index (χ0n) is 11.9. The van der Waals surface area contributed by atoms with Crippen LogP contribution >= 0.6 is 0 Å². The van der Waals surface area contributed by atoms with Gasteiger partial charge in [-0.05, 0) is 34.9 Å². The Labute approximate surface area is 130 Å². The quantitative estimate of drug-likeness (QED) is 0.921. The van der Waals surface area contributed by atoms with E-state index in [0.717, 1.165) is 11.1 Å². The van der Waals surface area contributed by atoms with Crippen LogP contribution in [0.15, 0.2) is 71.4 Å². The molecule has 0 heterocycles. The van der Waals surface area contributed by atoms with Crippen molar-refractivity contribution in [2.75, 3.05) is 0 Å². The molecule has 3 nitrogen and oxygen atoms in total. The highest BCUT2D eigenvalue weighted by Crippen LogP contribution is 2.30. The van der Waals surface area contributed by atoms with Crippen molar-refractivity contribution in [2.24, 2.45) is 0 Å². The van der Waals surface area contributed by atoms with Crippen LogP contribution in [0.2, 0.25) is 0 Å². The average Bonchev–Trinajstić information content (AvgIpc) is 3.06. The van der Waals surface area contributed by atoms with Gasteiger partial charge >= 0.3 is 6.36 Å². The maximum Gasteiger partial charge on any atom is 0.573 e. The van der Waals surface area contributed by atoms with Crippen LogP contribution in [0.25, 0.3) is 0 Å². The van der Waals surface area contributed by atoms with Crippen molar-refractivity contribution in [3.05, 3.63) is 76.9 Å². The minimum absolute atomic E-state index is 0.112. The van der Waals surface area contributed by atoms with E-state index in [1.54, 1.807) is 12.1 Å². The van der Waals surface area contributed by atoms with Crippen LogP contribution < -0.4 is 10.1 Å². The van der Waals surface area contributed by atoms with Crippen molar-refractivity contribution in [1.82, 2.24) is 5.32 Å². The Balaban J connectivity index is 1.65. The molecular weight excluding hydrogens is 307 g/mol. The van der Waals surface area contributed by atoms with Gasteiger partial charge in [0.1, 0.15) is 5.75 Å². The number of rotatable bonds is 4. The van der Waals surface area contributed by atoms with E-state index in [1.165, 1.54) is 18.2 Å². The lowest BCUT2D eigenvalue weighted by Gasteiger charge is -2.11. The molecule has 0 saturated carbocycles. The maximum atomic E-state index is 12.2. The molecule has 0 unspecified atom stereocenters. The summed E-state index contributed by atoms with van der Waals surface area (Å²) >= 11 is 0. The molecule has 2 aliphatic rings. The third-order valence-corrected chi connectivity index (χ3v) is 3.40. The summed E-state index contributed by atoms with van der Waals surface area (Å²) in [5.41, 5.74) is 2.91. The van der Waals surface area contributed by atoms with Crippen LogP contribution in [-0.4, -0.2) is 12.3 Å². The third-order valence-electron chi connectivity index (χ3n) is 3.40. The summed E-state index contributed by atoms with van der Waals surface area (Å²) in [5, 5.41) is 2.70. The number of carbonyl (C=O) groups excluding carboxylic acids is 1. The van der Waals surface area contributed by atoms with Crippen LogP contribution in [0, 0.1) is 0 Å². The number of allylic oxidation sites excluding steroid dienone is 6. The number of fused-ring (bicyclic) bond motifs is 1. The van der Waals surface area contributed by atoms with Crippen molar-refractivity contribution in [3.63, 3.8) is 0 Å². The SMILES string of the molecule is O=C(NCc1cccc(OC(F)(F)F)c1)C1=C2C=CC=C2C=C1. The van der Waals surface area contributed by atoms with E-state index in [9.17, 15) is 18.0 Å². The molecule has 0 atom stereocenters. The lowest BCUT2D eigenvalue weighted by molar-refractivity contribution is -0.274.